The van der Waals surface area contributed by atoms with Gasteiger partial charge in [-0.3, -0.25) is 4.90 Å². The lowest BCUT2D eigenvalue weighted by Gasteiger charge is -2.45. The van der Waals surface area contributed by atoms with Crippen molar-refractivity contribution in [1.29, 1.82) is 0 Å². The van der Waals surface area contributed by atoms with Crippen LogP contribution < -0.4 is 5.32 Å². The molecule has 0 aromatic rings. The number of thioether (sulfide) groups is 1. The predicted octanol–water partition coefficient (Wildman–Crippen LogP) is 2.34. The van der Waals surface area contributed by atoms with E-state index in [0.29, 0.717) is 0 Å². The van der Waals surface area contributed by atoms with Gasteiger partial charge in [-0.15, -0.1) is 0 Å². The SMILES string of the molecule is CCC1CN(C2CCCSC2)C(CC)CN1. The van der Waals surface area contributed by atoms with Gasteiger partial charge in [0.25, 0.3) is 0 Å². The van der Waals surface area contributed by atoms with E-state index in [-0.39, 0.29) is 0 Å². The van der Waals surface area contributed by atoms with Gasteiger partial charge in [-0.25, -0.2) is 0 Å². The maximum atomic E-state index is 3.69. The van der Waals surface area contributed by atoms with Crippen LogP contribution in [0.4, 0.5) is 0 Å². The van der Waals surface area contributed by atoms with Gasteiger partial charge in [0.05, 0.1) is 0 Å². The highest BCUT2D eigenvalue weighted by Gasteiger charge is 2.31. The van der Waals surface area contributed by atoms with Crippen LogP contribution in [0.15, 0.2) is 0 Å². The smallest absolute Gasteiger partial charge is 0.0222 e. The van der Waals surface area contributed by atoms with E-state index >= 15 is 0 Å². The average Bonchev–Trinajstić information content (AvgIpc) is 2.39. The van der Waals surface area contributed by atoms with Crippen molar-refractivity contribution in [3.63, 3.8) is 0 Å². The fraction of sp³-hybridized carbons (Fsp3) is 1.00. The number of nitrogens with zero attached hydrogens (tertiary/aromatic N) is 1. The minimum atomic E-state index is 0.731. The Balaban J connectivity index is 1.95. The monoisotopic (exact) mass is 242 g/mol. The molecule has 1 N–H and O–H groups in total. The van der Waals surface area contributed by atoms with Crippen LogP contribution in [0.3, 0.4) is 0 Å². The number of rotatable bonds is 3. The first kappa shape index (κ1) is 12.7. The van der Waals surface area contributed by atoms with Crippen LogP contribution in [-0.2, 0) is 0 Å². The van der Waals surface area contributed by atoms with Crippen molar-refractivity contribution < 1.29 is 0 Å². The summed E-state index contributed by atoms with van der Waals surface area (Å²) in [7, 11) is 0. The molecule has 2 heterocycles. The summed E-state index contributed by atoms with van der Waals surface area (Å²) in [6.45, 7) is 7.12. The highest BCUT2D eigenvalue weighted by molar-refractivity contribution is 7.99. The standard InChI is InChI=1S/C13H26N2S/c1-3-11-9-15(12(4-2)8-14-11)13-6-5-7-16-10-13/h11-14H,3-10H2,1-2H3. The van der Waals surface area contributed by atoms with Crippen LogP contribution in [-0.4, -0.2) is 47.6 Å². The Kier molecular flexibility index (Phi) is 4.98. The molecule has 2 aliphatic rings. The summed E-state index contributed by atoms with van der Waals surface area (Å²) in [5.74, 6) is 2.75. The second kappa shape index (κ2) is 6.27. The van der Waals surface area contributed by atoms with Crippen molar-refractivity contribution in [2.24, 2.45) is 0 Å². The summed E-state index contributed by atoms with van der Waals surface area (Å²) in [5, 5.41) is 3.69. The topological polar surface area (TPSA) is 15.3 Å². The molecule has 2 rings (SSSR count). The summed E-state index contributed by atoms with van der Waals surface area (Å²) < 4.78 is 0. The van der Waals surface area contributed by atoms with Gasteiger partial charge >= 0.3 is 0 Å². The van der Waals surface area contributed by atoms with Crippen LogP contribution in [0.2, 0.25) is 0 Å². The first-order valence-electron chi connectivity index (χ1n) is 6.92. The van der Waals surface area contributed by atoms with Gasteiger partial charge in [-0.2, -0.15) is 11.8 Å². The number of hydrogen-bond acceptors (Lipinski definition) is 3. The van der Waals surface area contributed by atoms with E-state index in [2.05, 4.69) is 35.8 Å². The zero-order valence-electron chi connectivity index (χ0n) is 10.7. The molecule has 2 nitrogen and oxygen atoms in total. The molecule has 3 unspecified atom stereocenters. The molecule has 0 aliphatic carbocycles. The molecule has 16 heavy (non-hydrogen) atoms. The molecule has 0 bridgehead atoms. The van der Waals surface area contributed by atoms with Gasteiger partial charge in [0.15, 0.2) is 0 Å². The lowest BCUT2D eigenvalue weighted by atomic mass is 10.0. The van der Waals surface area contributed by atoms with Crippen LogP contribution in [0.1, 0.15) is 39.5 Å². The molecular formula is C13H26N2S. The molecule has 94 valence electrons. The Morgan fingerprint density at radius 2 is 2.19 bits per heavy atom. The van der Waals surface area contributed by atoms with E-state index in [1.54, 1.807) is 0 Å². The third kappa shape index (κ3) is 2.93. The summed E-state index contributed by atoms with van der Waals surface area (Å²) in [4.78, 5) is 2.82. The van der Waals surface area contributed by atoms with Crippen molar-refractivity contribution in [1.82, 2.24) is 10.2 Å². The van der Waals surface area contributed by atoms with Crippen LogP contribution in [0.5, 0.6) is 0 Å². The lowest BCUT2D eigenvalue weighted by Crippen LogP contribution is -2.60. The number of nitrogens with one attached hydrogen (secondary N) is 1. The number of hydrogen-bond donors (Lipinski definition) is 1. The fourth-order valence-corrected chi connectivity index (χ4v) is 4.14. The zero-order valence-corrected chi connectivity index (χ0v) is 11.6. The normalized spacial score (nSPS) is 37.5. The Morgan fingerprint density at radius 1 is 1.31 bits per heavy atom. The summed E-state index contributed by atoms with van der Waals surface area (Å²) in [6, 6.07) is 2.38. The quantitative estimate of drug-likeness (QED) is 0.818. The van der Waals surface area contributed by atoms with Gasteiger partial charge in [0.1, 0.15) is 0 Å². The van der Waals surface area contributed by atoms with Gasteiger partial charge in [0, 0.05) is 37.0 Å². The van der Waals surface area contributed by atoms with Crippen molar-refractivity contribution in [2.75, 3.05) is 24.6 Å². The zero-order chi connectivity index (χ0) is 11.4. The van der Waals surface area contributed by atoms with E-state index in [0.717, 1.165) is 18.1 Å². The van der Waals surface area contributed by atoms with E-state index < -0.39 is 0 Å². The lowest BCUT2D eigenvalue weighted by molar-refractivity contribution is 0.0818. The molecule has 0 radical (unpaired) electrons. The van der Waals surface area contributed by atoms with Gasteiger partial charge < -0.3 is 5.32 Å². The van der Waals surface area contributed by atoms with Crippen molar-refractivity contribution >= 4 is 11.8 Å². The maximum absolute atomic E-state index is 3.69. The largest absolute Gasteiger partial charge is 0.311 e. The van der Waals surface area contributed by atoms with Gasteiger partial charge in [-0.1, -0.05) is 13.8 Å². The molecule has 0 spiro atoms. The first-order valence-corrected chi connectivity index (χ1v) is 8.07. The Morgan fingerprint density at radius 3 is 2.81 bits per heavy atom. The molecule has 3 heteroatoms. The fourth-order valence-electron chi connectivity index (χ4n) is 2.97. The Hall–Kier alpha value is 0.270. The maximum Gasteiger partial charge on any atom is 0.0222 e. The van der Waals surface area contributed by atoms with Crippen LogP contribution in [0, 0.1) is 0 Å². The molecular weight excluding hydrogens is 216 g/mol. The summed E-state index contributed by atoms with van der Waals surface area (Å²) >= 11 is 2.16. The molecule has 2 aliphatic heterocycles. The van der Waals surface area contributed by atoms with E-state index in [1.165, 1.54) is 50.3 Å². The van der Waals surface area contributed by atoms with Crippen molar-refractivity contribution in [3.8, 4) is 0 Å². The summed E-state index contributed by atoms with van der Waals surface area (Å²) in [5.41, 5.74) is 0. The molecule has 0 aromatic carbocycles. The molecule has 3 atom stereocenters. The first-order chi connectivity index (χ1) is 7.85. The second-order valence-electron chi connectivity index (χ2n) is 5.14. The molecule has 2 fully saturated rings. The van der Waals surface area contributed by atoms with Gasteiger partial charge in [0.2, 0.25) is 0 Å². The minimum Gasteiger partial charge on any atom is -0.311 e. The van der Waals surface area contributed by atoms with Gasteiger partial charge in [-0.05, 0) is 31.4 Å². The van der Waals surface area contributed by atoms with Crippen LogP contribution in [0.25, 0.3) is 0 Å². The van der Waals surface area contributed by atoms with E-state index in [9.17, 15) is 0 Å². The second-order valence-corrected chi connectivity index (χ2v) is 6.29. The number of piperazine rings is 1. The Bertz CT molecular complexity index is 204. The Labute approximate surface area is 105 Å². The molecule has 0 amide bonds. The average molecular weight is 242 g/mol. The third-order valence-corrected chi connectivity index (χ3v) is 5.31. The third-order valence-electron chi connectivity index (χ3n) is 4.11. The highest BCUT2D eigenvalue weighted by atomic mass is 32.2. The predicted molar refractivity (Wildman–Crippen MR) is 73.2 cm³/mol. The molecule has 0 saturated carbocycles. The van der Waals surface area contributed by atoms with E-state index in [1.807, 2.05) is 0 Å². The summed E-state index contributed by atoms with van der Waals surface area (Å²) in [6.07, 6.45) is 5.42. The van der Waals surface area contributed by atoms with Crippen molar-refractivity contribution in [2.45, 2.75) is 57.7 Å². The molecule has 2 saturated heterocycles. The molecule has 0 aromatic heterocycles. The van der Waals surface area contributed by atoms with Crippen LogP contribution >= 0.6 is 11.8 Å². The van der Waals surface area contributed by atoms with Crippen molar-refractivity contribution in [3.05, 3.63) is 0 Å². The highest BCUT2D eigenvalue weighted by Crippen LogP contribution is 2.25. The minimum absolute atomic E-state index is 0.731. The van der Waals surface area contributed by atoms with E-state index in [4.69, 9.17) is 0 Å².